The first-order chi connectivity index (χ1) is 12.0. The summed E-state index contributed by atoms with van der Waals surface area (Å²) in [5.74, 6) is 0.936. The minimum atomic E-state index is -0.206. The second-order valence-electron chi connectivity index (χ2n) is 6.66. The SMILES string of the molecule is CCC1(CC)C[C@H](NC(=O)Cc2cccc(Br)c2)c2ccccc2O1. The van der Waals surface area contributed by atoms with E-state index in [4.69, 9.17) is 4.74 Å². The van der Waals surface area contributed by atoms with Crippen molar-refractivity contribution in [1.82, 2.24) is 5.32 Å². The molecule has 2 aromatic rings. The van der Waals surface area contributed by atoms with Gasteiger partial charge in [0.05, 0.1) is 12.5 Å². The van der Waals surface area contributed by atoms with Crippen molar-refractivity contribution in [3.8, 4) is 5.75 Å². The van der Waals surface area contributed by atoms with Gasteiger partial charge in [-0.25, -0.2) is 0 Å². The maximum Gasteiger partial charge on any atom is 0.224 e. The predicted molar refractivity (Wildman–Crippen MR) is 104 cm³/mol. The molecule has 1 atom stereocenters. The summed E-state index contributed by atoms with van der Waals surface area (Å²) in [7, 11) is 0. The number of hydrogen-bond donors (Lipinski definition) is 1. The van der Waals surface area contributed by atoms with Crippen molar-refractivity contribution in [3.05, 3.63) is 64.1 Å². The normalized spacial score (nSPS) is 18.1. The molecule has 1 aliphatic heterocycles. The average molecular weight is 402 g/mol. The van der Waals surface area contributed by atoms with Crippen molar-refractivity contribution in [2.75, 3.05) is 0 Å². The zero-order chi connectivity index (χ0) is 17.9. The summed E-state index contributed by atoms with van der Waals surface area (Å²) in [6.45, 7) is 4.30. The molecule has 1 amide bonds. The van der Waals surface area contributed by atoms with Crippen LogP contribution < -0.4 is 10.1 Å². The lowest BCUT2D eigenvalue weighted by Gasteiger charge is -2.41. The van der Waals surface area contributed by atoms with E-state index in [9.17, 15) is 4.79 Å². The molecule has 0 radical (unpaired) electrons. The van der Waals surface area contributed by atoms with Crippen molar-refractivity contribution in [3.63, 3.8) is 0 Å². The standard InChI is InChI=1S/C21H24BrNO2/c1-3-21(4-2)14-18(17-10-5-6-11-19(17)25-21)23-20(24)13-15-8-7-9-16(22)12-15/h5-12,18H,3-4,13-14H2,1-2H3,(H,23,24)/t18-/m0/s1. The van der Waals surface area contributed by atoms with Gasteiger partial charge >= 0.3 is 0 Å². The van der Waals surface area contributed by atoms with Crippen molar-refractivity contribution in [1.29, 1.82) is 0 Å². The number of hydrogen-bond acceptors (Lipinski definition) is 2. The van der Waals surface area contributed by atoms with E-state index in [-0.39, 0.29) is 17.6 Å². The first-order valence-electron chi connectivity index (χ1n) is 8.87. The number of carbonyl (C=O) groups is 1. The van der Waals surface area contributed by atoms with Crippen LogP contribution in [-0.4, -0.2) is 11.5 Å². The van der Waals surface area contributed by atoms with Crippen LogP contribution in [0.4, 0.5) is 0 Å². The molecule has 4 heteroatoms. The zero-order valence-electron chi connectivity index (χ0n) is 14.7. The van der Waals surface area contributed by atoms with Crippen LogP contribution in [0.1, 0.15) is 50.3 Å². The van der Waals surface area contributed by atoms with Gasteiger partial charge in [0.2, 0.25) is 5.91 Å². The molecule has 0 spiro atoms. The Morgan fingerprint density at radius 3 is 2.68 bits per heavy atom. The minimum Gasteiger partial charge on any atom is -0.487 e. The van der Waals surface area contributed by atoms with Gasteiger partial charge in [-0.3, -0.25) is 4.79 Å². The molecule has 0 saturated heterocycles. The molecule has 25 heavy (non-hydrogen) atoms. The highest BCUT2D eigenvalue weighted by atomic mass is 79.9. The molecule has 1 heterocycles. The van der Waals surface area contributed by atoms with Crippen LogP contribution in [0.25, 0.3) is 0 Å². The monoisotopic (exact) mass is 401 g/mol. The largest absolute Gasteiger partial charge is 0.487 e. The Kier molecular flexibility index (Phi) is 5.48. The lowest BCUT2D eigenvalue weighted by molar-refractivity contribution is -0.121. The van der Waals surface area contributed by atoms with Crippen LogP contribution in [0.5, 0.6) is 5.75 Å². The highest BCUT2D eigenvalue weighted by Crippen LogP contribution is 2.42. The second-order valence-corrected chi connectivity index (χ2v) is 7.58. The number of amides is 1. The summed E-state index contributed by atoms with van der Waals surface area (Å²) >= 11 is 3.46. The van der Waals surface area contributed by atoms with Gasteiger partial charge in [-0.1, -0.05) is 60.1 Å². The van der Waals surface area contributed by atoms with Gasteiger partial charge in [-0.15, -0.1) is 0 Å². The first-order valence-corrected chi connectivity index (χ1v) is 9.66. The van der Waals surface area contributed by atoms with E-state index in [1.165, 1.54) is 0 Å². The molecule has 0 saturated carbocycles. The van der Waals surface area contributed by atoms with Crippen molar-refractivity contribution < 1.29 is 9.53 Å². The van der Waals surface area contributed by atoms with Gasteiger partial charge in [0.15, 0.2) is 0 Å². The van der Waals surface area contributed by atoms with E-state index in [1.807, 2.05) is 42.5 Å². The maximum atomic E-state index is 12.6. The molecule has 1 aliphatic rings. The fraction of sp³-hybridized carbons (Fsp3) is 0.381. The summed E-state index contributed by atoms with van der Waals surface area (Å²) in [5.41, 5.74) is 1.87. The number of halogens is 1. The predicted octanol–water partition coefficient (Wildman–Crippen LogP) is 5.19. The van der Waals surface area contributed by atoms with Crippen LogP contribution in [0, 0.1) is 0 Å². The fourth-order valence-electron chi connectivity index (χ4n) is 3.51. The van der Waals surface area contributed by atoms with E-state index in [0.29, 0.717) is 6.42 Å². The van der Waals surface area contributed by atoms with Gasteiger partial charge in [-0.2, -0.15) is 0 Å². The van der Waals surface area contributed by atoms with Crippen LogP contribution in [0.3, 0.4) is 0 Å². The first kappa shape index (κ1) is 18.0. The van der Waals surface area contributed by atoms with Crippen LogP contribution >= 0.6 is 15.9 Å². The highest BCUT2D eigenvalue weighted by molar-refractivity contribution is 9.10. The fourth-order valence-corrected chi connectivity index (χ4v) is 3.95. The molecular formula is C21H24BrNO2. The van der Waals surface area contributed by atoms with E-state index < -0.39 is 0 Å². The Labute approximate surface area is 157 Å². The van der Waals surface area contributed by atoms with E-state index in [2.05, 4.69) is 41.2 Å². The third-order valence-corrected chi connectivity index (χ3v) is 5.57. The van der Waals surface area contributed by atoms with Crippen molar-refractivity contribution in [2.45, 2.75) is 51.2 Å². The number of fused-ring (bicyclic) bond motifs is 1. The third-order valence-electron chi connectivity index (χ3n) is 5.07. The summed E-state index contributed by atoms with van der Waals surface area (Å²) in [6.07, 6.45) is 3.04. The number of para-hydroxylation sites is 1. The number of rotatable bonds is 5. The lowest BCUT2D eigenvalue weighted by atomic mass is 9.83. The Hall–Kier alpha value is -1.81. The molecule has 0 aromatic heterocycles. The van der Waals surface area contributed by atoms with Gasteiger partial charge in [0, 0.05) is 16.5 Å². The van der Waals surface area contributed by atoms with Gasteiger partial charge in [-0.05, 0) is 36.6 Å². The van der Waals surface area contributed by atoms with E-state index >= 15 is 0 Å². The Morgan fingerprint density at radius 2 is 1.96 bits per heavy atom. The third kappa shape index (κ3) is 4.06. The smallest absolute Gasteiger partial charge is 0.224 e. The molecule has 0 unspecified atom stereocenters. The molecule has 0 fully saturated rings. The lowest BCUT2D eigenvalue weighted by Crippen LogP contribution is -2.44. The molecule has 1 N–H and O–H groups in total. The van der Waals surface area contributed by atoms with Crippen LogP contribution in [0.2, 0.25) is 0 Å². The van der Waals surface area contributed by atoms with E-state index in [1.54, 1.807) is 0 Å². The second kappa shape index (κ2) is 7.61. The summed E-state index contributed by atoms with van der Waals surface area (Å²) in [5, 5.41) is 3.23. The Bertz CT molecular complexity index is 755. The van der Waals surface area contributed by atoms with Gasteiger partial charge in [0.25, 0.3) is 0 Å². The molecule has 2 aromatic carbocycles. The molecule has 3 nitrogen and oxygen atoms in total. The topological polar surface area (TPSA) is 38.3 Å². The molecule has 0 aliphatic carbocycles. The average Bonchev–Trinajstić information content (AvgIpc) is 2.61. The van der Waals surface area contributed by atoms with E-state index in [0.717, 1.165) is 40.6 Å². The van der Waals surface area contributed by atoms with Crippen molar-refractivity contribution >= 4 is 21.8 Å². The van der Waals surface area contributed by atoms with Crippen LogP contribution in [0.15, 0.2) is 53.0 Å². The number of carbonyl (C=O) groups excluding carboxylic acids is 1. The number of nitrogens with one attached hydrogen (secondary N) is 1. The molecule has 132 valence electrons. The summed E-state index contributed by atoms with van der Waals surface area (Å²) in [6, 6.07) is 15.9. The van der Waals surface area contributed by atoms with Crippen molar-refractivity contribution in [2.24, 2.45) is 0 Å². The van der Waals surface area contributed by atoms with Gasteiger partial charge in [0.1, 0.15) is 11.4 Å². The zero-order valence-corrected chi connectivity index (χ0v) is 16.3. The highest BCUT2D eigenvalue weighted by Gasteiger charge is 2.38. The Balaban J connectivity index is 1.79. The quantitative estimate of drug-likeness (QED) is 0.748. The summed E-state index contributed by atoms with van der Waals surface area (Å²) in [4.78, 5) is 12.6. The number of ether oxygens (including phenoxy) is 1. The van der Waals surface area contributed by atoms with Gasteiger partial charge < -0.3 is 10.1 Å². The minimum absolute atomic E-state index is 0.00972. The Morgan fingerprint density at radius 1 is 1.20 bits per heavy atom. The van der Waals surface area contributed by atoms with Crippen LogP contribution in [-0.2, 0) is 11.2 Å². The molecule has 0 bridgehead atoms. The number of benzene rings is 2. The maximum absolute atomic E-state index is 12.6. The summed E-state index contributed by atoms with van der Waals surface area (Å²) < 4.78 is 7.30. The molecular weight excluding hydrogens is 378 g/mol. The molecule has 3 rings (SSSR count).